The summed E-state index contributed by atoms with van der Waals surface area (Å²) in [6.45, 7) is 1.81. The molecule has 4 aromatic rings. The lowest BCUT2D eigenvalue weighted by Crippen LogP contribution is -2.26. The average molecular weight is 427 g/mol. The van der Waals surface area contributed by atoms with Crippen LogP contribution in [0.1, 0.15) is 16.2 Å². The Morgan fingerprint density at radius 3 is 2.31 bits per heavy atom. The highest BCUT2D eigenvalue weighted by Crippen LogP contribution is 2.21. The molecule has 32 heavy (non-hydrogen) atoms. The standard InChI is InChI=1S/C23H21N7O2/c1-15-25-20(14-21(26-15)29-19-7-3-4-12-24-19)27-16-8-10-17(11-9-16)28-22(31)18-6-5-13-30(2)23(18)32/h3-14H,1-2H3,(H,28,31)(H2,24,25,26,27,29). The molecule has 3 heterocycles. The SMILES string of the molecule is Cc1nc(Nc2ccc(NC(=O)c3cccn(C)c3=O)cc2)cc(Nc2ccccn2)n1. The first-order valence-corrected chi connectivity index (χ1v) is 9.86. The number of hydrogen-bond acceptors (Lipinski definition) is 7. The van der Waals surface area contributed by atoms with Crippen LogP contribution in [-0.4, -0.2) is 25.4 Å². The van der Waals surface area contributed by atoms with Crippen molar-refractivity contribution in [3.63, 3.8) is 0 Å². The van der Waals surface area contributed by atoms with E-state index in [-0.39, 0.29) is 11.1 Å². The molecular weight excluding hydrogens is 406 g/mol. The van der Waals surface area contributed by atoms with Gasteiger partial charge >= 0.3 is 0 Å². The van der Waals surface area contributed by atoms with Gasteiger partial charge in [0.15, 0.2) is 0 Å². The van der Waals surface area contributed by atoms with E-state index < -0.39 is 5.91 Å². The van der Waals surface area contributed by atoms with Crippen LogP contribution in [0.15, 0.2) is 77.9 Å². The van der Waals surface area contributed by atoms with Gasteiger partial charge in [-0.2, -0.15) is 0 Å². The Morgan fingerprint density at radius 1 is 0.875 bits per heavy atom. The molecule has 0 radical (unpaired) electrons. The number of rotatable bonds is 6. The van der Waals surface area contributed by atoms with Crippen molar-refractivity contribution in [3.8, 4) is 0 Å². The predicted octanol–water partition coefficient (Wildman–Crippen LogP) is 3.62. The zero-order valence-electron chi connectivity index (χ0n) is 17.5. The lowest BCUT2D eigenvalue weighted by Gasteiger charge is -2.11. The second-order valence-electron chi connectivity index (χ2n) is 7.02. The molecular formula is C23H21N7O2. The van der Waals surface area contributed by atoms with Gasteiger partial charge in [0.2, 0.25) is 0 Å². The van der Waals surface area contributed by atoms with Crippen LogP contribution >= 0.6 is 0 Å². The number of nitrogens with zero attached hydrogens (tertiary/aromatic N) is 4. The van der Waals surface area contributed by atoms with E-state index in [9.17, 15) is 9.59 Å². The predicted molar refractivity (Wildman–Crippen MR) is 124 cm³/mol. The van der Waals surface area contributed by atoms with Gasteiger partial charge in [0.1, 0.15) is 28.8 Å². The topological polar surface area (TPSA) is 114 Å². The first-order valence-electron chi connectivity index (χ1n) is 9.86. The van der Waals surface area contributed by atoms with Crippen LogP contribution in [0.25, 0.3) is 0 Å². The van der Waals surface area contributed by atoms with E-state index in [2.05, 4.69) is 30.9 Å². The van der Waals surface area contributed by atoms with Crippen LogP contribution in [0.3, 0.4) is 0 Å². The number of nitrogens with one attached hydrogen (secondary N) is 3. The van der Waals surface area contributed by atoms with Crippen LogP contribution < -0.4 is 21.5 Å². The molecule has 9 nitrogen and oxygen atoms in total. The highest BCUT2D eigenvalue weighted by molar-refractivity contribution is 6.04. The number of aromatic nitrogens is 4. The number of benzene rings is 1. The molecule has 0 aliphatic heterocycles. The van der Waals surface area contributed by atoms with Gasteiger partial charge in [0.05, 0.1) is 0 Å². The lowest BCUT2D eigenvalue weighted by atomic mass is 10.2. The Hall–Kier alpha value is -4.53. The third-order valence-corrected chi connectivity index (χ3v) is 4.54. The molecule has 4 rings (SSSR count). The van der Waals surface area contributed by atoms with E-state index in [1.807, 2.05) is 30.3 Å². The van der Waals surface area contributed by atoms with Crippen molar-refractivity contribution in [2.75, 3.05) is 16.0 Å². The summed E-state index contributed by atoms with van der Waals surface area (Å²) in [4.78, 5) is 37.5. The molecule has 3 N–H and O–H groups in total. The van der Waals surface area contributed by atoms with Crippen LogP contribution in [0.2, 0.25) is 0 Å². The molecule has 9 heteroatoms. The Bertz CT molecular complexity index is 1300. The normalized spacial score (nSPS) is 10.4. The fraction of sp³-hybridized carbons (Fsp3) is 0.0870. The second kappa shape index (κ2) is 9.09. The van der Waals surface area contributed by atoms with Gasteiger partial charge in [-0.25, -0.2) is 15.0 Å². The molecule has 3 aromatic heterocycles. The van der Waals surface area contributed by atoms with Crippen molar-refractivity contribution >= 4 is 34.7 Å². The Morgan fingerprint density at radius 2 is 1.59 bits per heavy atom. The van der Waals surface area contributed by atoms with E-state index in [0.29, 0.717) is 29.0 Å². The molecule has 160 valence electrons. The number of carbonyl (C=O) groups excluding carboxylic acids is 1. The molecule has 1 aromatic carbocycles. The molecule has 0 atom stereocenters. The van der Waals surface area contributed by atoms with Gasteiger partial charge in [0, 0.05) is 36.9 Å². The van der Waals surface area contributed by atoms with Crippen molar-refractivity contribution in [2.24, 2.45) is 7.05 Å². The molecule has 0 bridgehead atoms. The lowest BCUT2D eigenvalue weighted by molar-refractivity contribution is 0.102. The van der Waals surface area contributed by atoms with E-state index in [1.165, 1.54) is 10.6 Å². The summed E-state index contributed by atoms with van der Waals surface area (Å²) in [7, 11) is 1.60. The summed E-state index contributed by atoms with van der Waals surface area (Å²) in [5.74, 6) is 2.06. The summed E-state index contributed by atoms with van der Waals surface area (Å²) >= 11 is 0. The van der Waals surface area contributed by atoms with E-state index in [0.717, 1.165) is 5.69 Å². The molecule has 1 amide bonds. The van der Waals surface area contributed by atoms with Gasteiger partial charge in [-0.05, 0) is 55.5 Å². The Labute approximate surface area is 184 Å². The number of amides is 1. The van der Waals surface area contributed by atoms with Crippen molar-refractivity contribution in [1.82, 2.24) is 19.5 Å². The molecule has 0 saturated carbocycles. The van der Waals surface area contributed by atoms with E-state index >= 15 is 0 Å². The zero-order valence-corrected chi connectivity index (χ0v) is 17.5. The molecule has 0 saturated heterocycles. The minimum atomic E-state index is -0.455. The largest absolute Gasteiger partial charge is 0.340 e. The molecule has 0 aliphatic carbocycles. The summed E-state index contributed by atoms with van der Waals surface area (Å²) in [6, 6.07) is 17.6. The third-order valence-electron chi connectivity index (χ3n) is 4.54. The maximum atomic E-state index is 12.4. The highest BCUT2D eigenvalue weighted by atomic mass is 16.2. The fourth-order valence-corrected chi connectivity index (χ4v) is 3.02. The number of pyridine rings is 2. The first kappa shape index (κ1) is 20.7. The fourth-order valence-electron chi connectivity index (χ4n) is 3.02. The van der Waals surface area contributed by atoms with E-state index in [1.54, 1.807) is 50.6 Å². The van der Waals surface area contributed by atoms with Crippen LogP contribution in [-0.2, 0) is 7.05 Å². The monoisotopic (exact) mass is 427 g/mol. The number of carbonyl (C=O) groups is 1. The van der Waals surface area contributed by atoms with Crippen molar-refractivity contribution in [1.29, 1.82) is 0 Å². The van der Waals surface area contributed by atoms with Crippen molar-refractivity contribution < 1.29 is 4.79 Å². The molecule has 0 spiro atoms. The molecule has 0 unspecified atom stereocenters. The van der Waals surface area contributed by atoms with Gasteiger partial charge in [0.25, 0.3) is 11.5 Å². The molecule has 0 fully saturated rings. The summed E-state index contributed by atoms with van der Waals surface area (Å²) in [5, 5.41) is 9.11. The third kappa shape index (κ3) is 4.96. The van der Waals surface area contributed by atoms with E-state index in [4.69, 9.17) is 0 Å². The maximum Gasteiger partial charge on any atom is 0.263 e. The van der Waals surface area contributed by atoms with Gasteiger partial charge in [-0.1, -0.05) is 6.07 Å². The Kier molecular flexibility index (Phi) is 5.89. The first-order chi connectivity index (χ1) is 15.5. The molecule has 0 aliphatic rings. The minimum absolute atomic E-state index is 0.0848. The quantitative estimate of drug-likeness (QED) is 0.431. The van der Waals surface area contributed by atoms with Gasteiger partial charge in [-0.3, -0.25) is 9.59 Å². The average Bonchev–Trinajstić information content (AvgIpc) is 2.77. The minimum Gasteiger partial charge on any atom is -0.340 e. The highest BCUT2D eigenvalue weighted by Gasteiger charge is 2.11. The smallest absolute Gasteiger partial charge is 0.263 e. The number of anilines is 5. The Balaban J connectivity index is 1.45. The summed E-state index contributed by atoms with van der Waals surface area (Å²) < 4.78 is 1.36. The maximum absolute atomic E-state index is 12.4. The van der Waals surface area contributed by atoms with Crippen LogP contribution in [0.4, 0.5) is 28.8 Å². The second-order valence-corrected chi connectivity index (χ2v) is 7.02. The summed E-state index contributed by atoms with van der Waals surface area (Å²) in [5.41, 5.74) is 1.09. The van der Waals surface area contributed by atoms with Crippen LogP contribution in [0, 0.1) is 6.92 Å². The zero-order chi connectivity index (χ0) is 22.5. The van der Waals surface area contributed by atoms with Gasteiger partial charge < -0.3 is 20.5 Å². The summed E-state index contributed by atoms with van der Waals surface area (Å²) in [6.07, 6.45) is 3.30. The van der Waals surface area contributed by atoms with Gasteiger partial charge in [-0.15, -0.1) is 0 Å². The number of aryl methyl sites for hydroxylation is 2. The number of hydrogen-bond donors (Lipinski definition) is 3. The van der Waals surface area contributed by atoms with Crippen molar-refractivity contribution in [3.05, 3.63) is 94.8 Å². The van der Waals surface area contributed by atoms with Crippen molar-refractivity contribution in [2.45, 2.75) is 6.92 Å². The van der Waals surface area contributed by atoms with Crippen LogP contribution in [0.5, 0.6) is 0 Å².